The monoisotopic (exact) mass is 982 g/mol. The molecule has 0 aromatic heterocycles. The van der Waals surface area contributed by atoms with Crippen molar-refractivity contribution in [3.63, 3.8) is 0 Å². The lowest BCUT2D eigenvalue weighted by Crippen LogP contribution is -2.63. The van der Waals surface area contributed by atoms with E-state index in [2.05, 4.69) is 70.4 Å². The predicted octanol–water partition coefficient (Wildman–Crippen LogP) is 7.67. The molecule has 11 fully saturated rings. The Morgan fingerprint density at radius 2 is 1.38 bits per heavy atom. The van der Waals surface area contributed by atoms with E-state index >= 15 is 0 Å². The van der Waals surface area contributed by atoms with Gasteiger partial charge in [0.1, 0.15) is 36.6 Å². The Bertz CT molecular complexity index is 1640. The smallest absolute Gasteiger partial charge is 0.308 e. The van der Waals surface area contributed by atoms with Crippen LogP contribution in [0.1, 0.15) is 112 Å². The molecule has 0 aromatic carbocycles. The molecule has 12 bridgehead atoms. The van der Waals surface area contributed by atoms with Gasteiger partial charge in [-0.05, 0) is 80.1 Å². The van der Waals surface area contributed by atoms with E-state index in [1.54, 1.807) is 0 Å². The highest BCUT2D eigenvalue weighted by Gasteiger charge is 2.69. The van der Waals surface area contributed by atoms with Gasteiger partial charge in [0.2, 0.25) is 0 Å². The predicted molar refractivity (Wildman–Crippen MR) is 236 cm³/mol. The van der Waals surface area contributed by atoms with Crippen LogP contribution in [0.25, 0.3) is 0 Å². The van der Waals surface area contributed by atoms with Crippen LogP contribution in [0.2, 0.25) is 18.1 Å². The summed E-state index contributed by atoms with van der Waals surface area (Å²) >= 11 is 2.44. The highest BCUT2D eigenvalue weighted by molar-refractivity contribution is 14.1. The van der Waals surface area contributed by atoms with Gasteiger partial charge in [-0.3, -0.25) is 4.79 Å². The summed E-state index contributed by atoms with van der Waals surface area (Å²) in [5, 5.41) is 0. The summed E-state index contributed by atoms with van der Waals surface area (Å²) < 4.78 is 76.6. The average Bonchev–Trinajstić information content (AvgIpc) is 3.84. The minimum atomic E-state index is -1.92. The van der Waals surface area contributed by atoms with Crippen molar-refractivity contribution in [1.82, 2.24) is 0 Å². The van der Waals surface area contributed by atoms with Crippen LogP contribution >= 0.6 is 22.6 Å². The van der Waals surface area contributed by atoms with Gasteiger partial charge in [0, 0.05) is 36.0 Å². The fourth-order valence-corrected chi connectivity index (χ4v) is 16.8. The highest BCUT2D eigenvalue weighted by Crippen LogP contribution is 2.54. The van der Waals surface area contributed by atoms with Crippen molar-refractivity contribution in [2.24, 2.45) is 11.8 Å². The summed E-state index contributed by atoms with van der Waals surface area (Å²) in [5.74, 6) is -0.920. The third-order valence-corrected chi connectivity index (χ3v) is 22.4. The standard InChI is InChI=1S/C47H71IO12Si/c1-8-61(9-2,10-3)60-34-21-36-40(56-38(34)23-48)27(7)41-35(53-36)20-33-26(6)24(4)17-28(51-33)11-13-31-25(5)18-30(50-31)15-16-47-22-37-43(58-47)44-45(55-37)46(59-47)42-32(54-44)14-12-29(52-42)19-39(49)57-41/h24,27-38,40-46H,5-6,8-23H2,1-4,7H3/t24-,27+,28?,29?,30+,31?,32+,33?,34-,35?,36+,37-,38-,40+,41-,42+,43+,44+,45-,46+,47+/m1/s1. The molecule has 11 aliphatic rings. The SMILES string of the molecule is C=C1C[C@@H]2CC[C@@]34C[C@H]5O[C@H]6[C@@H](O3)[C@H]3OC(CC[C@@H]3O[C@H]6[C@H]5O4)CC(=O)O[C@H]3C(CC4OC(CCC1O2)C[C@@H](C)C4=C)O[C@H]1C[C@@H](O[Si](CC)(CC)CC)[C@@H](CI)O[C@H]1[C@@H]3C. The number of ether oxygens (including phenoxy) is 10. The maximum Gasteiger partial charge on any atom is 0.308 e. The minimum Gasteiger partial charge on any atom is -0.459 e. The van der Waals surface area contributed by atoms with Gasteiger partial charge in [0.15, 0.2) is 14.1 Å². The van der Waals surface area contributed by atoms with Crippen LogP contribution in [-0.2, 0) is 56.6 Å². The van der Waals surface area contributed by atoms with Crippen molar-refractivity contribution in [1.29, 1.82) is 0 Å². The van der Waals surface area contributed by atoms with Crippen molar-refractivity contribution in [3.8, 4) is 0 Å². The molecule has 12 nitrogen and oxygen atoms in total. The van der Waals surface area contributed by atoms with E-state index in [0.717, 1.165) is 78.7 Å². The van der Waals surface area contributed by atoms with Gasteiger partial charge >= 0.3 is 5.97 Å². The van der Waals surface area contributed by atoms with Gasteiger partial charge in [-0.1, -0.05) is 70.4 Å². The van der Waals surface area contributed by atoms with Gasteiger partial charge < -0.3 is 51.8 Å². The lowest BCUT2D eigenvalue weighted by Gasteiger charge is -2.52. The van der Waals surface area contributed by atoms with Crippen LogP contribution in [0, 0.1) is 11.8 Å². The molecule has 0 saturated carbocycles. The van der Waals surface area contributed by atoms with E-state index in [0.29, 0.717) is 25.7 Å². The first kappa shape index (κ1) is 44.3. The second kappa shape index (κ2) is 17.6. The summed E-state index contributed by atoms with van der Waals surface area (Å²) in [4.78, 5) is 14.3. The molecule has 5 unspecified atom stereocenters. The number of carbonyl (C=O) groups excluding carboxylic acids is 1. The molecule has 1 spiro atoms. The molecular formula is C47H71IO12Si. The Kier molecular flexibility index (Phi) is 12.8. The van der Waals surface area contributed by atoms with Crippen LogP contribution < -0.4 is 0 Å². The first-order chi connectivity index (χ1) is 29.4. The fourth-order valence-electron chi connectivity index (χ4n) is 13.1. The van der Waals surface area contributed by atoms with E-state index in [1.807, 2.05) is 0 Å². The lowest BCUT2D eigenvalue weighted by atomic mass is 9.79. The molecule has 11 heterocycles. The number of halogens is 1. The highest BCUT2D eigenvalue weighted by atomic mass is 127. The van der Waals surface area contributed by atoms with E-state index in [4.69, 9.17) is 51.8 Å². The zero-order valence-electron chi connectivity index (χ0n) is 37.1. The van der Waals surface area contributed by atoms with E-state index < -0.39 is 26.3 Å². The summed E-state index contributed by atoms with van der Waals surface area (Å²) in [6, 6.07) is 3.24. The quantitative estimate of drug-likeness (QED) is 0.0855. The topological polar surface area (TPSA) is 119 Å². The molecule has 11 aliphatic heterocycles. The van der Waals surface area contributed by atoms with Gasteiger partial charge in [0.05, 0.1) is 79.7 Å². The molecule has 0 aromatic rings. The first-order valence-electron chi connectivity index (χ1n) is 24.1. The second-order valence-corrected chi connectivity index (χ2v) is 26.0. The van der Waals surface area contributed by atoms with Gasteiger partial charge in [-0.2, -0.15) is 0 Å². The number of carbonyl (C=O) groups is 1. The van der Waals surface area contributed by atoms with Crippen LogP contribution in [0.15, 0.2) is 24.3 Å². The fraction of sp³-hybridized carbons (Fsp3) is 0.894. The summed E-state index contributed by atoms with van der Waals surface area (Å²) in [5.41, 5.74) is 2.23. The van der Waals surface area contributed by atoms with Gasteiger partial charge in [0.25, 0.3) is 0 Å². The Labute approximate surface area is 377 Å². The molecule has 0 aliphatic carbocycles. The third-order valence-electron chi connectivity index (χ3n) is 16.9. The third kappa shape index (κ3) is 8.24. The molecule has 11 saturated heterocycles. The first-order valence-corrected chi connectivity index (χ1v) is 28.2. The van der Waals surface area contributed by atoms with Crippen LogP contribution in [-0.4, -0.2) is 134 Å². The zero-order chi connectivity index (χ0) is 42.4. The Morgan fingerprint density at radius 3 is 2.16 bits per heavy atom. The Morgan fingerprint density at radius 1 is 0.672 bits per heavy atom. The molecule has 14 heteroatoms. The molecule has 11 rings (SSSR count). The lowest BCUT2D eigenvalue weighted by molar-refractivity contribution is -0.293. The average molecular weight is 983 g/mol. The second-order valence-electron chi connectivity index (χ2n) is 20.4. The molecule has 21 atom stereocenters. The van der Waals surface area contributed by atoms with Crippen molar-refractivity contribution in [2.45, 2.75) is 245 Å². The molecule has 61 heavy (non-hydrogen) atoms. The molecule has 0 radical (unpaired) electrons. The summed E-state index contributed by atoms with van der Waals surface area (Å²) in [6.45, 7) is 20.3. The number of esters is 1. The van der Waals surface area contributed by atoms with Crippen LogP contribution in [0.5, 0.6) is 0 Å². The number of alkyl halides is 1. The Balaban J connectivity index is 0.928. The summed E-state index contributed by atoms with van der Waals surface area (Å²) in [6.07, 6.45) is 4.95. The Hall–Kier alpha value is -0.503. The number of hydrogen-bond donors (Lipinski definition) is 0. The molecular weight excluding hydrogens is 911 g/mol. The number of fused-ring (bicyclic) bond motifs is 7. The maximum absolute atomic E-state index is 14.3. The molecule has 0 N–H and O–H groups in total. The van der Waals surface area contributed by atoms with Crippen LogP contribution in [0.4, 0.5) is 0 Å². The zero-order valence-corrected chi connectivity index (χ0v) is 40.2. The van der Waals surface area contributed by atoms with Crippen molar-refractivity contribution in [3.05, 3.63) is 24.3 Å². The minimum absolute atomic E-state index is 0.0155. The van der Waals surface area contributed by atoms with Gasteiger partial charge in [-0.25, -0.2) is 0 Å². The van der Waals surface area contributed by atoms with E-state index in [9.17, 15) is 4.79 Å². The largest absolute Gasteiger partial charge is 0.459 e. The maximum atomic E-state index is 14.3. The van der Waals surface area contributed by atoms with Crippen molar-refractivity contribution in [2.75, 3.05) is 4.43 Å². The normalized spacial score (nSPS) is 51.0. The summed E-state index contributed by atoms with van der Waals surface area (Å²) in [7, 11) is -1.92. The van der Waals surface area contributed by atoms with Crippen molar-refractivity contribution < 1.29 is 56.6 Å². The van der Waals surface area contributed by atoms with E-state index in [-0.39, 0.29) is 122 Å². The number of rotatable bonds is 6. The molecule has 342 valence electrons. The van der Waals surface area contributed by atoms with E-state index in [1.165, 1.54) is 0 Å². The molecule has 0 amide bonds. The number of hydrogen-bond acceptors (Lipinski definition) is 12. The van der Waals surface area contributed by atoms with Gasteiger partial charge in [-0.15, -0.1) is 0 Å². The van der Waals surface area contributed by atoms with Crippen molar-refractivity contribution >= 4 is 36.9 Å². The van der Waals surface area contributed by atoms with Crippen LogP contribution in [0.3, 0.4) is 0 Å².